The first-order chi connectivity index (χ1) is 17.2. The van der Waals surface area contributed by atoms with Crippen molar-refractivity contribution in [1.82, 2.24) is 20.1 Å². The number of hydrogen-bond donors (Lipinski definition) is 2. The lowest BCUT2D eigenvalue weighted by Gasteiger charge is -2.33. The Labute approximate surface area is 208 Å². The molecule has 6 nitrogen and oxygen atoms in total. The van der Waals surface area contributed by atoms with Gasteiger partial charge in [0, 0.05) is 43.1 Å². The summed E-state index contributed by atoms with van der Waals surface area (Å²) in [5, 5.41) is 4.24. The topological polar surface area (TPSA) is 60.6 Å². The number of benzene rings is 2. The number of ether oxygens (including phenoxy) is 1. The lowest BCUT2D eigenvalue weighted by molar-refractivity contribution is 0.0902. The van der Waals surface area contributed by atoms with Crippen LogP contribution in [0, 0.1) is 0 Å². The average molecular weight is 475 g/mol. The van der Waals surface area contributed by atoms with Gasteiger partial charge in [-0.3, -0.25) is 4.79 Å². The maximum atomic E-state index is 12.9. The molecule has 0 saturated carbocycles. The number of nitrogens with zero attached hydrogens (tertiary/aromatic N) is 2. The van der Waals surface area contributed by atoms with Gasteiger partial charge in [0.25, 0.3) is 5.91 Å². The number of H-pyrrole nitrogens is 1. The Morgan fingerprint density at radius 3 is 2.34 bits per heavy atom. The van der Waals surface area contributed by atoms with Gasteiger partial charge in [0.2, 0.25) is 0 Å². The molecule has 2 fully saturated rings. The molecule has 6 heteroatoms. The van der Waals surface area contributed by atoms with E-state index in [2.05, 4.69) is 32.2 Å². The predicted molar refractivity (Wildman–Crippen MR) is 141 cm³/mol. The Hall–Kier alpha value is -2.83. The zero-order valence-corrected chi connectivity index (χ0v) is 20.7. The lowest BCUT2D eigenvalue weighted by Crippen LogP contribution is -2.46. The minimum atomic E-state index is -0.0176. The van der Waals surface area contributed by atoms with Crippen LogP contribution in [0.5, 0.6) is 5.75 Å². The van der Waals surface area contributed by atoms with Crippen LogP contribution in [0.1, 0.15) is 54.6 Å². The van der Waals surface area contributed by atoms with Gasteiger partial charge < -0.3 is 24.8 Å². The van der Waals surface area contributed by atoms with Crippen LogP contribution in [0.4, 0.5) is 0 Å². The van der Waals surface area contributed by atoms with E-state index in [-0.39, 0.29) is 11.9 Å². The van der Waals surface area contributed by atoms with Gasteiger partial charge in [0.15, 0.2) is 0 Å². The second kappa shape index (κ2) is 11.7. The van der Waals surface area contributed by atoms with E-state index >= 15 is 0 Å². The number of piperidine rings is 1. The van der Waals surface area contributed by atoms with Crippen molar-refractivity contribution in [3.05, 3.63) is 65.9 Å². The van der Waals surface area contributed by atoms with E-state index in [0.717, 1.165) is 54.7 Å². The van der Waals surface area contributed by atoms with E-state index in [1.807, 2.05) is 42.5 Å². The first-order valence-electron chi connectivity index (χ1n) is 13.3. The van der Waals surface area contributed by atoms with E-state index < -0.39 is 0 Å². The Kier molecular flexibility index (Phi) is 8.01. The molecule has 2 aliphatic heterocycles. The van der Waals surface area contributed by atoms with Crippen LogP contribution in [0.3, 0.4) is 0 Å². The number of amides is 1. The van der Waals surface area contributed by atoms with Crippen molar-refractivity contribution in [3.63, 3.8) is 0 Å². The third kappa shape index (κ3) is 6.65. The van der Waals surface area contributed by atoms with Crippen LogP contribution in [0.15, 0.2) is 54.6 Å². The highest BCUT2D eigenvalue weighted by molar-refractivity contribution is 5.98. The van der Waals surface area contributed by atoms with E-state index in [9.17, 15) is 4.79 Å². The van der Waals surface area contributed by atoms with Crippen molar-refractivity contribution in [1.29, 1.82) is 0 Å². The Morgan fingerprint density at radius 1 is 0.886 bits per heavy atom. The molecule has 0 bridgehead atoms. The molecule has 0 radical (unpaired) electrons. The lowest BCUT2D eigenvalue weighted by atomic mass is 10.0. The molecule has 0 aliphatic carbocycles. The first kappa shape index (κ1) is 23.9. The fourth-order valence-electron chi connectivity index (χ4n) is 5.27. The quantitative estimate of drug-likeness (QED) is 0.492. The van der Waals surface area contributed by atoms with E-state index in [0.29, 0.717) is 12.3 Å². The van der Waals surface area contributed by atoms with Gasteiger partial charge >= 0.3 is 0 Å². The van der Waals surface area contributed by atoms with Crippen molar-refractivity contribution >= 4 is 16.8 Å². The number of rotatable bonds is 8. The van der Waals surface area contributed by atoms with Crippen molar-refractivity contribution in [2.75, 3.05) is 39.3 Å². The minimum absolute atomic E-state index is 0.0176. The number of carbonyl (C=O) groups excluding carboxylic acids is 1. The second-order valence-corrected chi connectivity index (χ2v) is 10.1. The number of carbonyl (C=O) groups is 1. The molecule has 2 aliphatic rings. The largest absolute Gasteiger partial charge is 0.489 e. The van der Waals surface area contributed by atoms with Crippen LogP contribution in [0.25, 0.3) is 10.9 Å². The molecule has 5 rings (SSSR count). The number of aromatic amines is 1. The number of nitrogens with one attached hydrogen (secondary N) is 2. The van der Waals surface area contributed by atoms with Crippen LogP contribution in [-0.4, -0.2) is 66.0 Å². The van der Waals surface area contributed by atoms with Gasteiger partial charge in [0.1, 0.15) is 18.1 Å². The van der Waals surface area contributed by atoms with Crippen LogP contribution < -0.4 is 10.1 Å². The van der Waals surface area contributed by atoms with Gasteiger partial charge in [-0.15, -0.1) is 0 Å². The summed E-state index contributed by atoms with van der Waals surface area (Å²) >= 11 is 0. The van der Waals surface area contributed by atoms with Gasteiger partial charge in [-0.05, 0) is 68.6 Å². The Bertz CT molecular complexity index is 1080. The number of likely N-dealkylation sites (tertiary alicyclic amines) is 2. The molecule has 2 aromatic carbocycles. The Morgan fingerprint density at radius 2 is 1.60 bits per heavy atom. The fraction of sp³-hybridized carbons (Fsp3) is 0.483. The Balaban J connectivity index is 1.09. The summed E-state index contributed by atoms with van der Waals surface area (Å²) in [5.41, 5.74) is 2.70. The molecule has 2 saturated heterocycles. The van der Waals surface area contributed by atoms with Gasteiger partial charge in [-0.25, -0.2) is 0 Å². The molecule has 3 aromatic rings. The summed E-state index contributed by atoms with van der Waals surface area (Å²) in [7, 11) is 0. The fourth-order valence-corrected chi connectivity index (χ4v) is 5.27. The predicted octanol–water partition coefficient (Wildman–Crippen LogP) is 4.82. The van der Waals surface area contributed by atoms with Crippen LogP contribution in [-0.2, 0) is 6.61 Å². The maximum absolute atomic E-state index is 12.9. The smallest absolute Gasteiger partial charge is 0.267 e. The normalized spacial score (nSPS) is 18.4. The van der Waals surface area contributed by atoms with Gasteiger partial charge in [-0.2, -0.15) is 0 Å². The molecule has 1 aromatic heterocycles. The molecule has 0 atom stereocenters. The highest BCUT2D eigenvalue weighted by Gasteiger charge is 2.22. The minimum Gasteiger partial charge on any atom is -0.489 e. The summed E-state index contributed by atoms with van der Waals surface area (Å²) < 4.78 is 5.94. The van der Waals surface area contributed by atoms with E-state index in [1.165, 1.54) is 45.3 Å². The summed E-state index contributed by atoms with van der Waals surface area (Å²) in [6.07, 6.45) is 7.52. The van der Waals surface area contributed by atoms with Gasteiger partial charge in [0.05, 0.1) is 0 Å². The molecular formula is C29H38N4O2. The third-order valence-corrected chi connectivity index (χ3v) is 7.44. The third-order valence-electron chi connectivity index (χ3n) is 7.44. The molecule has 0 spiro atoms. The van der Waals surface area contributed by atoms with Crippen molar-refractivity contribution in [2.24, 2.45) is 0 Å². The van der Waals surface area contributed by atoms with Crippen molar-refractivity contribution < 1.29 is 9.53 Å². The molecule has 186 valence electrons. The van der Waals surface area contributed by atoms with Gasteiger partial charge in [-0.1, -0.05) is 43.2 Å². The highest BCUT2D eigenvalue weighted by atomic mass is 16.5. The first-order valence-corrected chi connectivity index (χ1v) is 13.3. The second-order valence-electron chi connectivity index (χ2n) is 10.1. The van der Waals surface area contributed by atoms with Crippen LogP contribution in [0.2, 0.25) is 0 Å². The van der Waals surface area contributed by atoms with Crippen molar-refractivity contribution in [3.8, 4) is 5.75 Å². The molecule has 2 N–H and O–H groups in total. The SMILES string of the molecule is O=C(NC1CCN(CCN2CCCCCC2)CC1)c1cc2cc(OCc3ccccc3)ccc2[nH]1. The zero-order chi connectivity index (χ0) is 23.9. The molecule has 0 unspecified atom stereocenters. The monoisotopic (exact) mass is 474 g/mol. The summed E-state index contributed by atoms with van der Waals surface area (Å²) in [4.78, 5) is 21.4. The summed E-state index contributed by atoms with van der Waals surface area (Å²) in [5.74, 6) is 0.788. The maximum Gasteiger partial charge on any atom is 0.267 e. The van der Waals surface area contributed by atoms with Crippen LogP contribution >= 0.6 is 0 Å². The summed E-state index contributed by atoms with van der Waals surface area (Å²) in [6.45, 7) is 7.51. The highest BCUT2D eigenvalue weighted by Crippen LogP contribution is 2.23. The standard InChI is InChI=1S/C29H38N4O2/c34-29(30-25-12-16-33(17-13-25)19-18-32-14-6-1-2-7-15-32)28-21-24-20-26(10-11-27(24)31-28)35-22-23-8-4-3-5-9-23/h3-5,8-11,20-21,25,31H,1-2,6-7,12-19,22H2,(H,30,34). The summed E-state index contributed by atoms with van der Waals surface area (Å²) in [6, 6.07) is 18.2. The van der Waals surface area contributed by atoms with E-state index in [1.54, 1.807) is 0 Å². The van der Waals surface area contributed by atoms with E-state index in [4.69, 9.17) is 4.74 Å². The number of fused-ring (bicyclic) bond motifs is 1. The molecule has 3 heterocycles. The molecular weight excluding hydrogens is 436 g/mol. The number of aromatic nitrogens is 1. The number of hydrogen-bond acceptors (Lipinski definition) is 4. The van der Waals surface area contributed by atoms with Crippen molar-refractivity contribution in [2.45, 2.75) is 51.2 Å². The zero-order valence-electron chi connectivity index (χ0n) is 20.7. The molecule has 1 amide bonds. The molecule has 35 heavy (non-hydrogen) atoms. The average Bonchev–Trinajstić information content (AvgIpc) is 3.15.